The molecule has 0 spiro atoms. The van der Waals surface area contributed by atoms with Gasteiger partial charge in [-0.25, -0.2) is 4.98 Å². The van der Waals surface area contributed by atoms with E-state index in [4.69, 9.17) is 11.0 Å². The van der Waals surface area contributed by atoms with Gasteiger partial charge in [-0.3, -0.25) is 4.98 Å². The summed E-state index contributed by atoms with van der Waals surface area (Å²) in [6, 6.07) is 11.4. The lowest BCUT2D eigenvalue weighted by atomic mass is 10.1. The van der Waals surface area contributed by atoms with Crippen molar-refractivity contribution < 1.29 is 0 Å². The van der Waals surface area contributed by atoms with Gasteiger partial charge in [-0.15, -0.1) is 0 Å². The Bertz CT molecular complexity index is 815. The first-order valence-corrected chi connectivity index (χ1v) is 6.04. The maximum Gasteiger partial charge on any atom is 0.154 e. The van der Waals surface area contributed by atoms with Crippen LogP contribution in [-0.2, 0) is 0 Å². The van der Waals surface area contributed by atoms with E-state index in [1.54, 1.807) is 24.7 Å². The van der Waals surface area contributed by atoms with E-state index < -0.39 is 0 Å². The van der Waals surface area contributed by atoms with Crippen LogP contribution in [0, 0.1) is 11.3 Å². The van der Waals surface area contributed by atoms with Gasteiger partial charge < -0.3 is 11.1 Å². The zero-order valence-corrected chi connectivity index (χ0v) is 10.5. The van der Waals surface area contributed by atoms with Gasteiger partial charge in [0.05, 0.1) is 11.3 Å². The minimum Gasteiger partial charge on any atom is -0.395 e. The lowest BCUT2D eigenvalue weighted by Crippen LogP contribution is -2.01. The Kier molecular flexibility index (Phi) is 2.90. The molecule has 96 valence electrons. The van der Waals surface area contributed by atoms with E-state index in [0.29, 0.717) is 17.1 Å². The van der Waals surface area contributed by atoms with E-state index in [1.807, 2.05) is 30.3 Å². The molecule has 0 atom stereocenters. The Morgan fingerprint density at radius 3 is 2.90 bits per heavy atom. The van der Waals surface area contributed by atoms with Crippen molar-refractivity contribution in [1.82, 2.24) is 9.97 Å². The number of nitrogen functional groups attached to an aromatic ring is 1. The summed E-state index contributed by atoms with van der Waals surface area (Å²) in [5.74, 6) is 0.480. The molecule has 0 saturated heterocycles. The standard InChI is InChI=1S/C15H11N5/c16-8-10-4-7-19-15(14(10)17)20-13-3-1-2-11-9-18-6-5-12(11)13/h1-7,9H,17H2,(H,19,20). The summed E-state index contributed by atoms with van der Waals surface area (Å²) in [5.41, 5.74) is 7.56. The SMILES string of the molecule is N#Cc1ccnc(Nc2cccc3cnccc23)c1N. The highest BCUT2D eigenvalue weighted by Gasteiger charge is 2.07. The fraction of sp³-hybridized carbons (Fsp3) is 0. The van der Waals surface area contributed by atoms with Crippen molar-refractivity contribution in [2.24, 2.45) is 0 Å². The van der Waals surface area contributed by atoms with Crippen LogP contribution < -0.4 is 11.1 Å². The van der Waals surface area contributed by atoms with Crippen LogP contribution in [0.25, 0.3) is 10.8 Å². The van der Waals surface area contributed by atoms with Gasteiger partial charge in [0.1, 0.15) is 6.07 Å². The zero-order chi connectivity index (χ0) is 13.9. The van der Waals surface area contributed by atoms with Gasteiger partial charge in [-0.2, -0.15) is 5.26 Å². The molecule has 0 unspecified atom stereocenters. The van der Waals surface area contributed by atoms with Crippen molar-refractivity contribution in [2.45, 2.75) is 0 Å². The molecular formula is C15H11N5. The topological polar surface area (TPSA) is 87.6 Å². The minimum absolute atomic E-state index is 0.348. The van der Waals surface area contributed by atoms with Crippen LogP contribution in [-0.4, -0.2) is 9.97 Å². The van der Waals surface area contributed by atoms with Crippen molar-refractivity contribution >= 4 is 28.0 Å². The van der Waals surface area contributed by atoms with Crippen molar-refractivity contribution in [3.8, 4) is 6.07 Å². The van der Waals surface area contributed by atoms with Crippen LogP contribution in [0.15, 0.2) is 48.9 Å². The number of nitrogens with two attached hydrogens (primary N) is 1. The third-order valence-corrected chi connectivity index (χ3v) is 3.04. The van der Waals surface area contributed by atoms with Crippen LogP contribution in [0.5, 0.6) is 0 Å². The molecular weight excluding hydrogens is 250 g/mol. The van der Waals surface area contributed by atoms with Gasteiger partial charge in [-0.1, -0.05) is 12.1 Å². The molecule has 0 saturated carbocycles. The highest BCUT2D eigenvalue weighted by molar-refractivity contribution is 5.95. The Hall–Kier alpha value is -3.13. The van der Waals surface area contributed by atoms with Crippen molar-refractivity contribution in [3.63, 3.8) is 0 Å². The summed E-state index contributed by atoms with van der Waals surface area (Å²) in [7, 11) is 0. The maximum atomic E-state index is 8.99. The van der Waals surface area contributed by atoms with Gasteiger partial charge in [0.2, 0.25) is 0 Å². The van der Waals surface area contributed by atoms with Crippen molar-refractivity contribution in [3.05, 3.63) is 54.5 Å². The molecule has 0 bridgehead atoms. The second kappa shape index (κ2) is 4.86. The molecule has 0 radical (unpaired) electrons. The summed E-state index contributed by atoms with van der Waals surface area (Å²) < 4.78 is 0. The molecule has 0 fully saturated rings. The molecule has 5 heteroatoms. The lowest BCUT2D eigenvalue weighted by molar-refractivity contribution is 1.30. The molecule has 3 aromatic rings. The summed E-state index contributed by atoms with van der Waals surface area (Å²) in [6.07, 6.45) is 5.09. The van der Waals surface area contributed by atoms with Crippen LogP contribution in [0.2, 0.25) is 0 Å². The molecule has 3 rings (SSSR count). The second-order valence-electron chi connectivity index (χ2n) is 4.26. The number of anilines is 3. The molecule has 5 nitrogen and oxygen atoms in total. The van der Waals surface area contributed by atoms with Gasteiger partial charge in [0.25, 0.3) is 0 Å². The predicted octanol–water partition coefficient (Wildman–Crippen LogP) is 2.83. The number of benzene rings is 1. The number of nitrogens with one attached hydrogen (secondary N) is 1. The van der Waals surface area contributed by atoms with Crippen molar-refractivity contribution in [2.75, 3.05) is 11.1 Å². The number of fused-ring (bicyclic) bond motifs is 1. The predicted molar refractivity (Wildman–Crippen MR) is 78.4 cm³/mol. The van der Waals surface area contributed by atoms with Crippen LogP contribution in [0.1, 0.15) is 5.56 Å². The molecule has 20 heavy (non-hydrogen) atoms. The fourth-order valence-electron chi connectivity index (χ4n) is 2.03. The summed E-state index contributed by atoms with van der Waals surface area (Å²) >= 11 is 0. The van der Waals surface area contributed by atoms with Crippen molar-refractivity contribution in [1.29, 1.82) is 5.26 Å². The maximum absolute atomic E-state index is 8.99. The van der Waals surface area contributed by atoms with E-state index in [9.17, 15) is 0 Å². The molecule has 0 aliphatic heterocycles. The fourth-order valence-corrected chi connectivity index (χ4v) is 2.03. The Balaban J connectivity index is 2.09. The number of pyridine rings is 2. The Morgan fingerprint density at radius 2 is 2.05 bits per heavy atom. The largest absolute Gasteiger partial charge is 0.395 e. The number of rotatable bonds is 2. The van der Waals surface area contributed by atoms with Gasteiger partial charge in [0.15, 0.2) is 5.82 Å². The average molecular weight is 261 g/mol. The van der Waals surface area contributed by atoms with Gasteiger partial charge in [-0.05, 0) is 18.2 Å². The molecule has 0 aliphatic carbocycles. The Morgan fingerprint density at radius 1 is 1.15 bits per heavy atom. The second-order valence-corrected chi connectivity index (χ2v) is 4.26. The van der Waals surface area contributed by atoms with E-state index in [1.165, 1.54) is 0 Å². The third-order valence-electron chi connectivity index (χ3n) is 3.04. The molecule has 0 amide bonds. The molecule has 2 aromatic heterocycles. The summed E-state index contributed by atoms with van der Waals surface area (Å²) in [5, 5.41) is 14.2. The highest BCUT2D eigenvalue weighted by atomic mass is 15.0. The first-order valence-electron chi connectivity index (χ1n) is 6.04. The quantitative estimate of drug-likeness (QED) is 0.740. The van der Waals surface area contributed by atoms with Gasteiger partial charge in [0, 0.05) is 35.1 Å². The first-order chi connectivity index (χ1) is 9.79. The smallest absolute Gasteiger partial charge is 0.154 e. The molecule has 1 aromatic carbocycles. The first kappa shape index (κ1) is 11.9. The zero-order valence-electron chi connectivity index (χ0n) is 10.5. The van der Waals surface area contributed by atoms with Gasteiger partial charge >= 0.3 is 0 Å². The van der Waals surface area contributed by atoms with Crippen LogP contribution in [0.3, 0.4) is 0 Å². The summed E-state index contributed by atoms with van der Waals surface area (Å²) in [6.45, 7) is 0. The number of hydrogen-bond acceptors (Lipinski definition) is 5. The Labute approximate surface area is 115 Å². The number of aromatic nitrogens is 2. The third kappa shape index (κ3) is 1.99. The minimum atomic E-state index is 0.348. The number of hydrogen-bond donors (Lipinski definition) is 2. The molecule has 2 heterocycles. The normalized spacial score (nSPS) is 10.2. The van der Waals surface area contributed by atoms with E-state index in [-0.39, 0.29) is 0 Å². The number of nitrogens with zero attached hydrogens (tertiary/aromatic N) is 3. The average Bonchev–Trinajstić information content (AvgIpc) is 2.50. The van der Waals surface area contributed by atoms with E-state index in [2.05, 4.69) is 15.3 Å². The summed E-state index contributed by atoms with van der Waals surface area (Å²) in [4.78, 5) is 8.28. The van der Waals surface area contributed by atoms with Crippen LogP contribution in [0.4, 0.5) is 17.2 Å². The van der Waals surface area contributed by atoms with E-state index >= 15 is 0 Å². The van der Waals surface area contributed by atoms with Crippen LogP contribution >= 0.6 is 0 Å². The monoisotopic (exact) mass is 261 g/mol. The number of nitriles is 1. The molecule has 3 N–H and O–H groups in total. The molecule has 0 aliphatic rings. The lowest BCUT2D eigenvalue weighted by Gasteiger charge is -2.11. The highest BCUT2D eigenvalue weighted by Crippen LogP contribution is 2.28. The van der Waals surface area contributed by atoms with E-state index in [0.717, 1.165) is 16.5 Å².